The molecule has 2 unspecified atom stereocenters. The molecule has 18 heavy (non-hydrogen) atoms. The number of hydrogen-bond donors (Lipinski definition) is 1. The van der Waals surface area contributed by atoms with Crippen molar-refractivity contribution in [2.75, 3.05) is 0 Å². The predicted octanol–water partition coefficient (Wildman–Crippen LogP) is 2.99. The van der Waals surface area contributed by atoms with Gasteiger partial charge in [-0.25, -0.2) is 0 Å². The minimum Gasteiger partial charge on any atom is -0.332 e. The molecule has 0 aliphatic rings. The van der Waals surface area contributed by atoms with E-state index in [0.717, 1.165) is 5.56 Å². The molecule has 0 radical (unpaired) electrons. The van der Waals surface area contributed by atoms with Gasteiger partial charge in [0.05, 0.1) is 12.1 Å². The van der Waals surface area contributed by atoms with Crippen LogP contribution in [0.2, 0.25) is 5.02 Å². The average molecular weight is 269 g/mol. The maximum atomic E-state index is 12.2. The van der Waals surface area contributed by atoms with Gasteiger partial charge in [0.25, 0.3) is 0 Å². The van der Waals surface area contributed by atoms with Gasteiger partial charge < -0.3 is 10.6 Å². The summed E-state index contributed by atoms with van der Waals surface area (Å²) in [5, 5.41) is 0.677. The maximum absolute atomic E-state index is 12.2. The minimum absolute atomic E-state index is 0.0396. The average Bonchev–Trinajstić information content (AvgIpc) is 2.28. The first-order chi connectivity index (χ1) is 8.34. The second-order valence-corrected chi connectivity index (χ2v) is 5.30. The molecule has 2 N–H and O–H groups in total. The zero-order valence-electron chi connectivity index (χ0n) is 11.4. The number of rotatable bonds is 4. The molecule has 0 saturated carbocycles. The highest BCUT2D eigenvalue weighted by molar-refractivity contribution is 6.30. The summed E-state index contributed by atoms with van der Waals surface area (Å²) >= 11 is 5.99. The Kier molecular flexibility index (Phi) is 5.17. The molecule has 1 aromatic carbocycles. The molecule has 0 aromatic heterocycles. The van der Waals surface area contributed by atoms with Crippen LogP contribution in [0.1, 0.15) is 39.3 Å². The zero-order chi connectivity index (χ0) is 13.9. The summed E-state index contributed by atoms with van der Waals surface area (Å²) < 4.78 is 0. The van der Waals surface area contributed by atoms with Crippen molar-refractivity contribution in [3.8, 4) is 0 Å². The summed E-state index contributed by atoms with van der Waals surface area (Å²) in [5.41, 5.74) is 6.72. The second-order valence-electron chi connectivity index (χ2n) is 4.86. The first-order valence-electron chi connectivity index (χ1n) is 6.17. The predicted molar refractivity (Wildman–Crippen MR) is 75.5 cm³/mol. The second kappa shape index (κ2) is 6.21. The Morgan fingerprint density at radius 1 is 1.28 bits per heavy atom. The molecule has 0 spiro atoms. The van der Waals surface area contributed by atoms with Crippen molar-refractivity contribution < 1.29 is 4.79 Å². The van der Waals surface area contributed by atoms with Crippen LogP contribution in [0.4, 0.5) is 0 Å². The number of carbonyl (C=O) groups is 1. The van der Waals surface area contributed by atoms with Crippen LogP contribution in [0.3, 0.4) is 0 Å². The van der Waals surface area contributed by atoms with E-state index in [1.807, 2.05) is 45.0 Å². The number of nitrogens with zero attached hydrogens (tertiary/aromatic N) is 1. The smallest absolute Gasteiger partial charge is 0.239 e. The molecular formula is C14H21ClN2O. The van der Waals surface area contributed by atoms with Crippen molar-refractivity contribution in [1.82, 2.24) is 4.90 Å². The fraction of sp³-hybridized carbons (Fsp3) is 0.500. The minimum atomic E-state index is -0.492. The molecule has 0 aliphatic carbocycles. The van der Waals surface area contributed by atoms with Gasteiger partial charge in [-0.1, -0.05) is 23.7 Å². The molecule has 0 heterocycles. The van der Waals surface area contributed by atoms with E-state index in [-0.39, 0.29) is 18.0 Å². The third-order valence-corrected chi connectivity index (χ3v) is 3.18. The summed E-state index contributed by atoms with van der Waals surface area (Å²) in [6, 6.07) is 7.14. The quantitative estimate of drug-likeness (QED) is 0.913. The van der Waals surface area contributed by atoms with E-state index in [4.69, 9.17) is 17.3 Å². The first kappa shape index (κ1) is 15.0. The van der Waals surface area contributed by atoms with E-state index in [2.05, 4.69) is 0 Å². The fourth-order valence-corrected chi connectivity index (χ4v) is 2.25. The van der Waals surface area contributed by atoms with Gasteiger partial charge in [-0.2, -0.15) is 0 Å². The van der Waals surface area contributed by atoms with Gasteiger partial charge in [0, 0.05) is 11.1 Å². The molecule has 1 rings (SSSR count). The molecular weight excluding hydrogens is 248 g/mol. The highest BCUT2D eigenvalue weighted by Gasteiger charge is 2.26. The number of amides is 1. The molecule has 1 amide bonds. The molecule has 4 heteroatoms. The number of benzene rings is 1. The highest BCUT2D eigenvalue weighted by atomic mass is 35.5. The number of hydrogen-bond acceptors (Lipinski definition) is 2. The first-order valence-corrected chi connectivity index (χ1v) is 6.55. The lowest BCUT2D eigenvalue weighted by Gasteiger charge is -2.34. The van der Waals surface area contributed by atoms with Gasteiger partial charge in [0.2, 0.25) is 5.91 Å². The lowest BCUT2D eigenvalue weighted by molar-refractivity contribution is -0.136. The summed E-state index contributed by atoms with van der Waals surface area (Å²) in [6.45, 7) is 7.68. The maximum Gasteiger partial charge on any atom is 0.239 e. The van der Waals surface area contributed by atoms with E-state index in [1.54, 1.807) is 11.8 Å². The van der Waals surface area contributed by atoms with Gasteiger partial charge in [-0.05, 0) is 45.4 Å². The summed E-state index contributed by atoms with van der Waals surface area (Å²) in [6.07, 6.45) is 0. The SMILES string of the molecule is CC(N)C(=O)N(C(C)C)C(C)c1cccc(Cl)c1. The van der Waals surface area contributed by atoms with Crippen LogP contribution in [-0.4, -0.2) is 22.9 Å². The lowest BCUT2D eigenvalue weighted by atomic mass is 10.0. The van der Waals surface area contributed by atoms with Crippen molar-refractivity contribution in [3.63, 3.8) is 0 Å². The van der Waals surface area contributed by atoms with Crippen molar-refractivity contribution in [2.24, 2.45) is 5.73 Å². The monoisotopic (exact) mass is 268 g/mol. The van der Waals surface area contributed by atoms with E-state index < -0.39 is 6.04 Å². The van der Waals surface area contributed by atoms with Crippen LogP contribution >= 0.6 is 11.6 Å². The summed E-state index contributed by atoms with van der Waals surface area (Å²) in [7, 11) is 0. The Hall–Kier alpha value is -1.06. The van der Waals surface area contributed by atoms with Crippen molar-refractivity contribution in [3.05, 3.63) is 34.9 Å². The molecule has 0 saturated heterocycles. The Morgan fingerprint density at radius 3 is 2.33 bits per heavy atom. The van der Waals surface area contributed by atoms with Gasteiger partial charge in [-0.3, -0.25) is 4.79 Å². The summed E-state index contributed by atoms with van der Waals surface area (Å²) in [4.78, 5) is 14.0. The third-order valence-electron chi connectivity index (χ3n) is 2.95. The van der Waals surface area contributed by atoms with E-state index in [0.29, 0.717) is 5.02 Å². The molecule has 100 valence electrons. The van der Waals surface area contributed by atoms with Gasteiger partial charge in [-0.15, -0.1) is 0 Å². The van der Waals surface area contributed by atoms with Gasteiger partial charge in [0.1, 0.15) is 0 Å². The van der Waals surface area contributed by atoms with Gasteiger partial charge in [0.15, 0.2) is 0 Å². The molecule has 1 aromatic rings. The van der Waals surface area contributed by atoms with Crippen molar-refractivity contribution in [2.45, 2.75) is 45.8 Å². The molecule has 2 atom stereocenters. The van der Waals surface area contributed by atoms with Crippen LogP contribution in [-0.2, 0) is 4.79 Å². The van der Waals surface area contributed by atoms with E-state index in [1.165, 1.54) is 0 Å². The fourth-order valence-electron chi connectivity index (χ4n) is 2.05. The molecule has 0 bridgehead atoms. The Morgan fingerprint density at radius 2 is 1.89 bits per heavy atom. The van der Waals surface area contributed by atoms with Crippen LogP contribution in [0.25, 0.3) is 0 Å². The Balaban J connectivity index is 3.03. The van der Waals surface area contributed by atoms with E-state index >= 15 is 0 Å². The highest BCUT2D eigenvalue weighted by Crippen LogP contribution is 2.25. The number of nitrogens with two attached hydrogens (primary N) is 1. The molecule has 3 nitrogen and oxygen atoms in total. The van der Waals surface area contributed by atoms with Crippen LogP contribution in [0, 0.1) is 0 Å². The Bertz CT molecular complexity index is 418. The molecule has 0 fully saturated rings. The van der Waals surface area contributed by atoms with Crippen molar-refractivity contribution in [1.29, 1.82) is 0 Å². The van der Waals surface area contributed by atoms with Crippen molar-refractivity contribution >= 4 is 17.5 Å². The van der Waals surface area contributed by atoms with Gasteiger partial charge >= 0.3 is 0 Å². The van der Waals surface area contributed by atoms with Crippen LogP contribution < -0.4 is 5.73 Å². The Labute approximate surface area is 114 Å². The summed E-state index contributed by atoms with van der Waals surface area (Å²) in [5.74, 6) is -0.0440. The van der Waals surface area contributed by atoms with Crippen LogP contribution in [0.5, 0.6) is 0 Å². The zero-order valence-corrected chi connectivity index (χ0v) is 12.1. The lowest BCUT2D eigenvalue weighted by Crippen LogP contribution is -2.46. The number of halogens is 1. The van der Waals surface area contributed by atoms with Crippen LogP contribution in [0.15, 0.2) is 24.3 Å². The third kappa shape index (κ3) is 3.47. The topological polar surface area (TPSA) is 46.3 Å². The standard InChI is InChI=1S/C14H21ClN2O/c1-9(2)17(14(18)10(3)16)11(4)12-6-5-7-13(15)8-12/h5-11H,16H2,1-4H3. The van der Waals surface area contributed by atoms with E-state index in [9.17, 15) is 4.79 Å². The number of carbonyl (C=O) groups excluding carboxylic acids is 1. The molecule has 0 aliphatic heterocycles. The normalized spacial score (nSPS) is 14.4. The largest absolute Gasteiger partial charge is 0.332 e.